The minimum absolute atomic E-state index is 0.435. The van der Waals surface area contributed by atoms with E-state index in [0.717, 1.165) is 37.2 Å². The van der Waals surface area contributed by atoms with Crippen molar-refractivity contribution < 1.29 is 8.42 Å². The summed E-state index contributed by atoms with van der Waals surface area (Å²) in [4.78, 5) is 2.68. The molecular weight excluding hydrogens is 284 g/mol. The van der Waals surface area contributed by atoms with Crippen LogP contribution < -0.4 is 0 Å². The normalized spacial score (nSPS) is 18.4. The van der Waals surface area contributed by atoms with Crippen LogP contribution in [-0.2, 0) is 10.0 Å². The van der Waals surface area contributed by atoms with Crippen molar-refractivity contribution in [3.8, 4) is 0 Å². The van der Waals surface area contributed by atoms with Gasteiger partial charge in [0.05, 0.1) is 4.90 Å². The van der Waals surface area contributed by atoms with Crippen LogP contribution in [0.15, 0.2) is 35.7 Å². The summed E-state index contributed by atoms with van der Waals surface area (Å²) in [6, 6.07) is 5.52. The molecule has 1 saturated heterocycles. The number of benzene rings is 1. The standard InChI is InChI=1S/C16H24N2O2S/c1-4-8-17-9-5-10-18(12-11-17)21(19,20)16-7-6-14(2)13-15(16)3/h4,6-7,13H,1,5,8-12H2,2-3H3. The molecule has 0 radical (unpaired) electrons. The second kappa shape index (κ2) is 6.73. The van der Waals surface area contributed by atoms with Crippen molar-refractivity contribution in [2.45, 2.75) is 25.2 Å². The van der Waals surface area contributed by atoms with Gasteiger partial charge >= 0.3 is 0 Å². The molecule has 1 aliphatic rings. The third-order valence-electron chi connectivity index (χ3n) is 3.88. The maximum absolute atomic E-state index is 12.8. The fraction of sp³-hybridized carbons (Fsp3) is 0.500. The molecule has 0 aromatic heterocycles. The molecule has 1 aromatic carbocycles. The summed E-state index contributed by atoms with van der Waals surface area (Å²) in [5.41, 5.74) is 1.90. The van der Waals surface area contributed by atoms with Crippen molar-refractivity contribution in [1.82, 2.24) is 9.21 Å². The Morgan fingerprint density at radius 3 is 2.62 bits per heavy atom. The Kier molecular flexibility index (Phi) is 5.19. The van der Waals surface area contributed by atoms with E-state index < -0.39 is 10.0 Å². The van der Waals surface area contributed by atoms with E-state index in [4.69, 9.17) is 0 Å². The van der Waals surface area contributed by atoms with E-state index in [9.17, 15) is 8.42 Å². The lowest BCUT2D eigenvalue weighted by Gasteiger charge is -2.22. The molecule has 4 nitrogen and oxygen atoms in total. The van der Waals surface area contributed by atoms with Crippen LogP contribution in [0.1, 0.15) is 17.5 Å². The molecule has 21 heavy (non-hydrogen) atoms. The lowest BCUT2D eigenvalue weighted by molar-refractivity contribution is 0.316. The topological polar surface area (TPSA) is 40.6 Å². The molecule has 5 heteroatoms. The second-order valence-electron chi connectivity index (χ2n) is 5.62. The third-order valence-corrected chi connectivity index (χ3v) is 5.94. The van der Waals surface area contributed by atoms with Gasteiger partial charge in [-0.25, -0.2) is 8.42 Å². The van der Waals surface area contributed by atoms with Crippen LogP contribution in [0, 0.1) is 13.8 Å². The van der Waals surface area contributed by atoms with Crippen LogP contribution in [0.5, 0.6) is 0 Å². The summed E-state index contributed by atoms with van der Waals surface area (Å²) in [6.07, 6.45) is 2.73. The monoisotopic (exact) mass is 308 g/mol. The summed E-state index contributed by atoms with van der Waals surface area (Å²) in [5.74, 6) is 0. The molecule has 1 aromatic rings. The van der Waals surface area contributed by atoms with Crippen molar-refractivity contribution >= 4 is 10.0 Å². The molecule has 0 amide bonds. The van der Waals surface area contributed by atoms with Gasteiger partial charge in [-0.15, -0.1) is 6.58 Å². The second-order valence-corrected chi connectivity index (χ2v) is 7.52. The molecule has 116 valence electrons. The van der Waals surface area contributed by atoms with Crippen LogP contribution in [0.4, 0.5) is 0 Å². The molecule has 2 rings (SSSR count). The van der Waals surface area contributed by atoms with Crippen LogP contribution in [0.25, 0.3) is 0 Å². The van der Waals surface area contributed by atoms with Gasteiger partial charge in [-0.2, -0.15) is 4.31 Å². The van der Waals surface area contributed by atoms with Crippen molar-refractivity contribution in [1.29, 1.82) is 0 Å². The zero-order valence-corrected chi connectivity index (χ0v) is 13.7. The molecule has 0 bridgehead atoms. The predicted octanol–water partition coefficient (Wildman–Crippen LogP) is 2.19. The van der Waals surface area contributed by atoms with E-state index >= 15 is 0 Å². The molecular formula is C16H24N2O2S. The van der Waals surface area contributed by atoms with Crippen molar-refractivity contribution in [3.05, 3.63) is 42.0 Å². The molecule has 0 spiro atoms. The lowest BCUT2D eigenvalue weighted by atomic mass is 10.2. The first-order chi connectivity index (χ1) is 9.95. The van der Waals surface area contributed by atoms with Crippen LogP contribution in [-0.4, -0.2) is 50.3 Å². The highest BCUT2D eigenvalue weighted by Crippen LogP contribution is 2.22. The largest absolute Gasteiger partial charge is 0.298 e. The molecule has 0 saturated carbocycles. The molecule has 1 heterocycles. The van der Waals surface area contributed by atoms with Gasteiger partial charge in [-0.1, -0.05) is 23.8 Å². The Morgan fingerprint density at radius 2 is 1.95 bits per heavy atom. The van der Waals surface area contributed by atoms with Gasteiger partial charge in [-0.3, -0.25) is 4.90 Å². The van der Waals surface area contributed by atoms with E-state index in [1.807, 2.05) is 32.1 Å². The minimum atomic E-state index is -3.39. The summed E-state index contributed by atoms with van der Waals surface area (Å²) in [6.45, 7) is 11.2. The zero-order valence-electron chi connectivity index (χ0n) is 12.9. The molecule has 0 unspecified atom stereocenters. The summed E-state index contributed by atoms with van der Waals surface area (Å²) in [7, 11) is -3.39. The molecule has 1 aliphatic heterocycles. The van der Waals surface area contributed by atoms with E-state index in [2.05, 4.69) is 11.5 Å². The third kappa shape index (κ3) is 3.73. The van der Waals surface area contributed by atoms with E-state index in [1.54, 1.807) is 10.4 Å². The first kappa shape index (κ1) is 16.2. The first-order valence-corrected chi connectivity index (χ1v) is 8.80. The van der Waals surface area contributed by atoms with E-state index in [1.165, 1.54) is 0 Å². The Labute approximate surface area is 128 Å². The average molecular weight is 308 g/mol. The van der Waals surface area contributed by atoms with Crippen molar-refractivity contribution in [3.63, 3.8) is 0 Å². The number of aryl methyl sites for hydroxylation is 2. The van der Waals surface area contributed by atoms with E-state index in [-0.39, 0.29) is 0 Å². The predicted molar refractivity (Wildman–Crippen MR) is 85.9 cm³/mol. The molecule has 0 aliphatic carbocycles. The van der Waals surface area contributed by atoms with Crippen LogP contribution >= 0.6 is 0 Å². The maximum Gasteiger partial charge on any atom is 0.243 e. The highest BCUT2D eigenvalue weighted by Gasteiger charge is 2.27. The Balaban J connectivity index is 2.21. The van der Waals surface area contributed by atoms with Gasteiger partial charge in [0.1, 0.15) is 0 Å². The highest BCUT2D eigenvalue weighted by molar-refractivity contribution is 7.89. The first-order valence-electron chi connectivity index (χ1n) is 7.36. The zero-order chi connectivity index (χ0) is 15.5. The van der Waals surface area contributed by atoms with Gasteiger partial charge < -0.3 is 0 Å². The van der Waals surface area contributed by atoms with E-state index in [0.29, 0.717) is 18.0 Å². The number of sulfonamides is 1. The SMILES string of the molecule is C=CCN1CCCN(S(=O)(=O)c2ccc(C)cc2C)CC1. The number of rotatable bonds is 4. The number of hydrogen-bond donors (Lipinski definition) is 0. The summed E-state index contributed by atoms with van der Waals surface area (Å²) >= 11 is 0. The van der Waals surface area contributed by atoms with Gasteiger partial charge in [-0.05, 0) is 38.4 Å². The van der Waals surface area contributed by atoms with Gasteiger partial charge in [0.15, 0.2) is 0 Å². The van der Waals surface area contributed by atoms with Crippen LogP contribution in [0.2, 0.25) is 0 Å². The van der Waals surface area contributed by atoms with Gasteiger partial charge in [0.2, 0.25) is 10.0 Å². The minimum Gasteiger partial charge on any atom is -0.298 e. The Morgan fingerprint density at radius 1 is 1.19 bits per heavy atom. The van der Waals surface area contributed by atoms with Crippen LogP contribution in [0.3, 0.4) is 0 Å². The Bertz CT molecular complexity index is 611. The average Bonchev–Trinajstić information content (AvgIpc) is 2.65. The number of hydrogen-bond acceptors (Lipinski definition) is 3. The van der Waals surface area contributed by atoms with Crippen molar-refractivity contribution in [2.24, 2.45) is 0 Å². The quantitative estimate of drug-likeness (QED) is 0.801. The Hall–Kier alpha value is -1.17. The van der Waals surface area contributed by atoms with Crippen molar-refractivity contribution in [2.75, 3.05) is 32.7 Å². The molecule has 1 fully saturated rings. The van der Waals surface area contributed by atoms with Gasteiger partial charge in [0.25, 0.3) is 0 Å². The summed E-state index contributed by atoms with van der Waals surface area (Å²) < 4.78 is 27.3. The van der Waals surface area contributed by atoms with Gasteiger partial charge in [0, 0.05) is 26.2 Å². The molecule has 0 atom stereocenters. The summed E-state index contributed by atoms with van der Waals surface area (Å²) in [5, 5.41) is 0. The lowest BCUT2D eigenvalue weighted by Crippen LogP contribution is -2.35. The number of nitrogens with zero attached hydrogens (tertiary/aromatic N) is 2. The highest BCUT2D eigenvalue weighted by atomic mass is 32.2. The fourth-order valence-electron chi connectivity index (χ4n) is 2.78. The fourth-order valence-corrected chi connectivity index (χ4v) is 4.46. The maximum atomic E-state index is 12.8. The smallest absolute Gasteiger partial charge is 0.243 e. The molecule has 0 N–H and O–H groups in total.